The Bertz CT molecular complexity index is 605. The van der Waals surface area contributed by atoms with Crippen molar-refractivity contribution in [3.8, 4) is 0 Å². The highest BCUT2D eigenvalue weighted by Gasteiger charge is 2.32. The molecule has 1 aromatic rings. The van der Waals surface area contributed by atoms with Crippen molar-refractivity contribution in [2.45, 2.75) is 33.2 Å². The van der Waals surface area contributed by atoms with Gasteiger partial charge in [0.15, 0.2) is 0 Å². The van der Waals surface area contributed by atoms with Crippen LogP contribution >= 0.6 is 11.6 Å². The van der Waals surface area contributed by atoms with Crippen molar-refractivity contribution < 1.29 is 14.6 Å². The predicted octanol–water partition coefficient (Wildman–Crippen LogP) is 1.91. The predicted molar refractivity (Wildman–Crippen MR) is 93.2 cm³/mol. The van der Waals surface area contributed by atoms with Crippen molar-refractivity contribution in [3.05, 3.63) is 38.9 Å². The molecule has 132 valence electrons. The Labute approximate surface area is 147 Å². The molecule has 0 spiro atoms. The Morgan fingerprint density at radius 2 is 2.12 bits per heavy atom. The molecule has 1 fully saturated rings. The molecule has 2 atom stereocenters. The van der Waals surface area contributed by atoms with Crippen LogP contribution in [0.1, 0.15) is 32.3 Å². The molecular formula is C17H25ClN3O3+. The van der Waals surface area contributed by atoms with Crippen molar-refractivity contribution in [2.24, 2.45) is 5.92 Å². The monoisotopic (exact) mass is 354 g/mol. The van der Waals surface area contributed by atoms with E-state index in [2.05, 4.69) is 0 Å². The average Bonchev–Trinajstić information content (AvgIpc) is 2.56. The number of carbonyl (C=O) groups excluding carboxylic acids is 1. The van der Waals surface area contributed by atoms with Crippen LogP contribution in [0.25, 0.3) is 0 Å². The molecule has 0 aromatic heterocycles. The highest BCUT2D eigenvalue weighted by Crippen LogP contribution is 2.22. The second-order valence-electron chi connectivity index (χ2n) is 6.26. The molecule has 1 unspecified atom stereocenters. The topological polar surface area (TPSA) is 67.9 Å². The van der Waals surface area contributed by atoms with E-state index in [4.69, 9.17) is 11.6 Å². The van der Waals surface area contributed by atoms with Gasteiger partial charge in [0.25, 0.3) is 5.69 Å². The van der Waals surface area contributed by atoms with Crippen LogP contribution < -0.4 is 4.90 Å². The molecule has 1 aliphatic rings. The van der Waals surface area contributed by atoms with Crippen LogP contribution in [0.3, 0.4) is 0 Å². The van der Waals surface area contributed by atoms with Gasteiger partial charge in [0.1, 0.15) is 6.54 Å². The van der Waals surface area contributed by atoms with Gasteiger partial charge in [-0.05, 0) is 38.8 Å². The molecule has 1 amide bonds. The number of nitrogens with zero attached hydrogens (tertiary/aromatic N) is 2. The summed E-state index contributed by atoms with van der Waals surface area (Å²) in [6, 6.07) is 4.67. The van der Waals surface area contributed by atoms with E-state index < -0.39 is 0 Å². The molecule has 7 heteroatoms. The van der Waals surface area contributed by atoms with Crippen LogP contribution in [0.4, 0.5) is 5.69 Å². The first-order valence-electron chi connectivity index (χ1n) is 8.51. The third-order valence-electron chi connectivity index (χ3n) is 4.72. The number of amides is 1. The Hall–Kier alpha value is -1.66. The number of quaternary nitrogens is 1. The summed E-state index contributed by atoms with van der Waals surface area (Å²) in [5.41, 5.74) is 0.738. The molecule has 1 saturated heterocycles. The molecular weight excluding hydrogens is 330 g/mol. The number of halogens is 1. The number of piperidine rings is 1. The zero-order valence-electron chi connectivity index (χ0n) is 14.3. The van der Waals surface area contributed by atoms with Gasteiger partial charge in [0.2, 0.25) is 5.91 Å². The lowest BCUT2D eigenvalue weighted by Crippen LogP contribution is -3.12. The Balaban J connectivity index is 2.10. The van der Waals surface area contributed by atoms with Crippen LogP contribution in [-0.2, 0) is 11.3 Å². The fourth-order valence-electron chi connectivity index (χ4n) is 3.46. The molecule has 1 heterocycles. The quantitative estimate of drug-likeness (QED) is 0.626. The Morgan fingerprint density at radius 3 is 2.75 bits per heavy atom. The van der Waals surface area contributed by atoms with Crippen molar-refractivity contribution in [2.75, 3.05) is 26.2 Å². The Kier molecular flexibility index (Phi) is 6.57. The van der Waals surface area contributed by atoms with Gasteiger partial charge in [-0.2, -0.15) is 0 Å². The second kappa shape index (κ2) is 8.44. The molecule has 0 aliphatic carbocycles. The third-order valence-corrected chi connectivity index (χ3v) is 4.96. The van der Waals surface area contributed by atoms with Gasteiger partial charge >= 0.3 is 0 Å². The van der Waals surface area contributed by atoms with Crippen LogP contribution in [-0.4, -0.2) is 41.9 Å². The lowest BCUT2D eigenvalue weighted by atomic mass is 9.96. The van der Waals surface area contributed by atoms with Crippen LogP contribution in [0.2, 0.25) is 5.02 Å². The molecule has 1 aliphatic heterocycles. The van der Waals surface area contributed by atoms with Crippen LogP contribution in [0.15, 0.2) is 18.2 Å². The van der Waals surface area contributed by atoms with Gasteiger partial charge in [-0.15, -0.1) is 0 Å². The third kappa shape index (κ3) is 4.45. The smallest absolute Gasteiger partial charge is 0.278 e. The lowest BCUT2D eigenvalue weighted by molar-refractivity contribution is -0.921. The van der Waals surface area contributed by atoms with E-state index in [1.807, 2.05) is 18.7 Å². The molecule has 0 radical (unpaired) electrons. The minimum absolute atomic E-state index is 0.00638. The largest absolute Gasteiger partial charge is 0.343 e. The number of benzene rings is 1. The zero-order valence-corrected chi connectivity index (χ0v) is 15.0. The number of nitro benzene ring substituents is 1. The van der Waals surface area contributed by atoms with Crippen molar-refractivity contribution in [1.82, 2.24) is 4.90 Å². The molecule has 1 aromatic carbocycles. The second-order valence-corrected chi connectivity index (χ2v) is 6.70. The fourth-order valence-corrected chi connectivity index (χ4v) is 3.65. The Morgan fingerprint density at radius 1 is 1.42 bits per heavy atom. The highest BCUT2D eigenvalue weighted by atomic mass is 35.5. The minimum atomic E-state index is -0.367. The molecule has 0 bridgehead atoms. The maximum Gasteiger partial charge on any atom is 0.278 e. The molecule has 0 saturated carbocycles. The summed E-state index contributed by atoms with van der Waals surface area (Å²) in [6.45, 7) is 7.60. The fraction of sp³-hybridized carbons (Fsp3) is 0.588. The van der Waals surface area contributed by atoms with Crippen molar-refractivity contribution in [1.29, 1.82) is 0 Å². The first-order valence-corrected chi connectivity index (χ1v) is 8.89. The summed E-state index contributed by atoms with van der Waals surface area (Å²) in [4.78, 5) is 26.5. The maximum atomic E-state index is 12.6. The van der Waals surface area contributed by atoms with E-state index in [1.165, 1.54) is 11.0 Å². The highest BCUT2D eigenvalue weighted by molar-refractivity contribution is 6.30. The molecule has 24 heavy (non-hydrogen) atoms. The van der Waals surface area contributed by atoms with E-state index in [-0.39, 0.29) is 22.4 Å². The summed E-state index contributed by atoms with van der Waals surface area (Å²) in [6.07, 6.45) is 1.86. The van der Waals surface area contributed by atoms with Gasteiger partial charge in [0, 0.05) is 24.2 Å². The summed E-state index contributed by atoms with van der Waals surface area (Å²) >= 11 is 6.00. The summed E-state index contributed by atoms with van der Waals surface area (Å²) < 4.78 is 0. The average molecular weight is 355 g/mol. The number of carbonyl (C=O) groups is 1. The summed E-state index contributed by atoms with van der Waals surface area (Å²) in [5.74, 6) is 0.213. The van der Waals surface area contributed by atoms with E-state index in [0.717, 1.165) is 39.0 Å². The lowest BCUT2D eigenvalue weighted by Gasteiger charge is -2.32. The number of nitro groups is 1. The number of hydrogen-bond donors (Lipinski definition) is 1. The van der Waals surface area contributed by atoms with Crippen LogP contribution in [0.5, 0.6) is 0 Å². The molecule has 2 rings (SSSR count). The van der Waals surface area contributed by atoms with Gasteiger partial charge < -0.3 is 9.80 Å². The van der Waals surface area contributed by atoms with Crippen molar-refractivity contribution in [3.63, 3.8) is 0 Å². The summed E-state index contributed by atoms with van der Waals surface area (Å²) in [5, 5.41) is 11.7. The van der Waals surface area contributed by atoms with Gasteiger partial charge in [-0.3, -0.25) is 14.9 Å². The first kappa shape index (κ1) is 18.7. The standard InChI is InChI=1S/C17H24ClN3O3/c1-3-20(4-2)17(22)13-6-5-9-19(11-13)12-14-10-15(18)7-8-16(14)21(23)24/h7-8,10,13H,3-6,9,11-12H2,1-2H3/p+1/t13-/m1/s1. The van der Waals surface area contributed by atoms with E-state index in [1.54, 1.807) is 12.1 Å². The maximum absolute atomic E-state index is 12.6. The van der Waals surface area contributed by atoms with Crippen LogP contribution in [0, 0.1) is 16.0 Å². The van der Waals surface area contributed by atoms with E-state index in [9.17, 15) is 14.9 Å². The molecule has 1 N–H and O–H groups in total. The normalized spacial score (nSPS) is 20.6. The zero-order chi connectivity index (χ0) is 17.7. The van der Waals surface area contributed by atoms with Gasteiger partial charge in [-0.1, -0.05) is 11.6 Å². The van der Waals surface area contributed by atoms with Crippen molar-refractivity contribution >= 4 is 23.2 Å². The molecule has 6 nitrogen and oxygen atoms in total. The van der Waals surface area contributed by atoms with E-state index in [0.29, 0.717) is 17.1 Å². The van der Waals surface area contributed by atoms with Gasteiger partial charge in [-0.25, -0.2) is 0 Å². The summed E-state index contributed by atoms with van der Waals surface area (Å²) in [7, 11) is 0. The van der Waals surface area contributed by atoms with E-state index >= 15 is 0 Å². The number of nitrogens with one attached hydrogen (secondary N) is 1. The van der Waals surface area contributed by atoms with Gasteiger partial charge in [0.05, 0.1) is 29.5 Å². The minimum Gasteiger partial charge on any atom is -0.343 e. The number of rotatable bonds is 6. The number of hydrogen-bond acceptors (Lipinski definition) is 3. The first-order chi connectivity index (χ1) is 11.5. The SMILES string of the molecule is CCN(CC)C(=O)[C@@H]1CCC[NH+](Cc2cc(Cl)ccc2[N+](=O)[O-])C1. The number of likely N-dealkylation sites (tertiary alicyclic amines) is 1.